The topological polar surface area (TPSA) is 43.8 Å². The van der Waals surface area contributed by atoms with E-state index in [2.05, 4.69) is 16.7 Å². The van der Waals surface area contributed by atoms with E-state index >= 15 is 0 Å². The molecule has 0 amide bonds. The number of aromatic carboxylic acids is 1. The van der Waals surface area contributed by atoms with Crippen LogP contribution in [0.25, 0.3) is 0 Å². The van der Waals surface area contributed by atoms with Crippen LogP contribution >= 0.6 is 23.2 Å². The first-order chi connectivity index (χ1) is 14.3. The van der Waals surface area contributed by atoms with Gasteiger partial charge in [-0.2, -0.15) is 0 Å². The molecule has 2 aliphatic rings. The third-order valence-corrected chi connectivity index (χ3v) is 6.63. The molecule has 1 aliphatic heterocycles. The summed E-state index contributed by atoms with van der Waals surface area (Å²) in [7, 11) is 0. The van der Waals surface area contributed by atoms with Crippen LogP contribution in [-0.4, -0.2) is 47.1 Å². The lowest BCUT2D eigenvalue weighted by molar-refractivity contribution is 0.0691. The molecule has 0 radical (unpaired) electrons. The van der Waals surface area contributed by atoms with Gasteiger partial charge in [-0.05, 0) is 72.7 Å². The Labute approximate surface area is 186 Å². The molecule has 30 heavy (non-hydrogen) atoms. The van der Waals surface area contributed by atoms with Crippen molar-refractivity contribution in [3.63, 3.8) is 0 Å². The molecular weight excluding hydrogens is 426 g/mol. The fourth-order valence-corrected chi connectivity index (χ4v) is 4.83. The zero-order valence-corrected chi connectivity index (χ0v) is 18.4. The average molecular weight is 451 g/mol. The number of hydrogen-bond acceptors (Lipinski definition) is 3. The summed E-state index contributed by atoms with van der Waals surface area (Å²) in [6.45, 7) is 6.31. The molecule has 0 spiro atoms. The molecule has 1 heterocycles. The quantitative estimate of drug-likeness (QED) is 0.622. The molecule has 2 aromatic carbocycles. The van der Waals surface area contributed by atoms with Gasteiger partial charge in [-0.25, -0.2) is 9.18 Å². The van der Waals surface area contributed by atoms with Gasteiger partial charge in [-0.15, -0.1) is 0 Å². The van der Waals surface area contributed by atoms with E-state index in [9.17, 15) is 14.3 Å². The first-order valence-corrected chi connectivity index (χ1v) is 11.1. The van der Waals surface area contributed by atoms with Crippen molar-refractivity contribution in [1.29, 1.82) is 0 Å². The normalized spacial score (nSPS) is 19.1. The van der Waals surface area contributed by atoms with Gasteiger partial charge in [-0.1, -0.05) is 23.2 Å². The SMILES string of the molecule is CC(c1cc(Cl)cc(Cl)c1)N1CCN(Cc2cc(F)c(C(=O)O)cc2C2CC2)CC1. The van der Waals surface area contributed by atoms with Gasteiger partial charge in [0.15, 0.2) is 0 Å². The average Bonchev–Trinajstić information content (AvgIpc) is 3.52. The second-order valence-electron chi connectivity index (χ2n) is 8.30. The number of hydrogen-bond donors (Lipinski definition) is 1. The van der Waals surface area contributed by atoms with Crippen LogP contribution < -0.4 is 0 Å². The van der Waals surface area contributed by atoms with Crippen molar-refractivity contribution < 1.29 is 14.3 Å². The highest BCUT2D eigenvalue weighted by molar-refractivity contribution is 6.34. The van der Waals surface area contributed by atoms with Gasteiger partial charge in [0.2, 0.25) is 0 Å². The third-order valence-electron chi connectivity index (χ3n) is 6.19. The molecule has 160 valence electrons. The Hall–Kier alpha value is -1.66. The Balaban J connectivity index is 1.43. The number of rotatable bonds is 6. The lowest BCUT2D eigenvalue weighted by Gasteiger charge is -2.38. The molecule has 4 nitrogen and oxygen atoms in total. The number of halogens is 3. The molecule has 1 atom stereocenters. The largest absolute Gasteiger partial charge is 0.478 e. The van der Waals surface area contributed by atoms with E-state index in [1.54, 1.807) is 12.1 Å². The first-order valence-electron chi connectivity index (χ1n) is 10.3. The van der Waals surface area contributed by atoms with Crippen molar-refractivity contribution >= 4 is 29.2 Å². The molecule has 1 saturated heterocycles. The van der Waals surface area contributed by atoms with Crippen LogP contribution in [0.5, 0.6) is 0 Å². The summed E-state index contributed by atoms with van der Waals surface area (Å²) >= 11 is 12.3. The number of benzene rings is 2. The van der Waals surface area contributed by atoms with E-state index < -0.39 is 11.8 Å². The molecule has 2 fully saturated rings. The summed E-state index contributed by atoms with van der Waals surface area (Å²) in [5.41, 5.74) is 2.80. The molecule has 1 saturated carbocycles. The molecule has 7 heteroatoms. The number of piperazine rings is 1. The standard InChI is InChI=1S/C23H25Cl2FN2O2/c1-14(16-8-18(24)11-19(25)9-16)28-6-4-27(5-7-28)13-17-10-22(26)21(23(29)30)12-20(17)15-2-3-15/h8-12,14-15H,2-7,13H2,1H3,(H,29,30). The van der Waals surface area contributed by atoms with Gasteiger partial charge in [0.25, 0.3) is 0 Å². The molecule has 1 aliphatic carbocycles. The van der Waals surface area contributed by atoms with E-state index in [1.807, 2.05) is 12.1 Å². The van der Waals surface area contributed by atoms with Crippen molar-refractivity contribution in [2.45, 2.75) is 38.3 Å². The van der Waals surface area contributed by atoms with Crippen LogP contribution in [0.4, 0.5) is 4.39 Å². The summed E-state index contributed by atoms with van der Waals surface area (Å²) in [6.07, 6.45) is 2.09. The van der Waals surface area contributed by atoms with Crippen LogP contribution in [0.1, 0.15) is 58.8 Å². The van der Waals surface area contributed by atoms with E-state index in [1.165, 1.54) is 6.07 Å². The monoisotopic (exact) mass is 450 g/mol. The minimum atomic E-state index is -1.20. The van der Waals surface area contributed by atoms with Crippen molar-refractivity contribution in [2.75, 3.05) is 26.2 Å². The Morgan fingerprint density at radius 1 is 1.10 bits per heavy atom. The second-order valence-corrected chi connectivity index (χ2v) is 9.17. The molecule has 2 aromatic rings. The van der Waals surface area contributed by atoms with Crippen LogP contribution in [-0.2, 0) is 6.54 Å². The Morgan fingerprint density at radius 3 is 2.30 bits per heavy atom. The van der Waals surface area contributed by atoms with Crippen molar-refractivity contribution in [3.8, 4) is 0 Å². The van der Waals surface area contributed by atoms with Crippen LogP contribution in [0.2, 0.25) is 10.0 Å². The summed E-state index contributed by atoms with van der Waals surface area (Å²) < 4.78 is 14.3. The summed E-state index contributed by atoms with van der Waals surface area (Å²) in [5.74, 6) is -1.48. The summed E-state index contributed by atoms with van der Waals surface area (Å²) in [5, 5.41) is 10.5. The van der Waals surface area contributed by atoms with Crippen LogP contribution in [0.15, 0.2) is 30.3 Å². The maximum Gasteiger partial charge on any atom is 0.338 e. The van der Waals surface area contributed by atoms with E-state index in [0.717, 1.165) is 55.7 Å². The van der Waals surface area contributed by atoms with Crippen LogP contribution in [0, 0.1) is 5.82 Å². The van der Waals surface area contributed by atoms with Crippen LogP contribution in [0.3, 0.4) is 0 Å². The molecule has 1 unspecified atom stereocenters. The Kier molecular flexibility index (Phi) is 6.35. The fraction of sp³-hybridized carbons (Fsp3) is 0.435. The summed E-state index contributed by atoms with van der Waals surface area (Å²) in [4.78, 5) is 16.0. The molecule has 0 bridgehead atoms. The lowest BCUT2D eigenvalue weighted by atomic mass is 9.98. The van der Waals surface area contributed by atoms with E-state index in [0.29, 0.717) is 22.5 Å². The lowest BCUT2D eigenvalue weighted by Crippen LogP contribution is -2.46. The second kappa shape index (κ2) is 8.83. The number of carbonyl (C=O) groups is 1. The van der Waals surface area contributed by atoms with E-state index in [4.69, 9.17) is 23.2 Å². The van der Waals surface area contributed by atoms with E-state index in [-0.39, 0.29) is 11.6 Å². The number of carboxylic acid groups (broad SMARTS) is 1. The van der Waals surface area contributed by atoms with Gasteiger partial charge in [0.05, 0.1) is 5.56 Å². The molecular formula is C23H25Cl2FN2O2. The van der Waals surface area contributed by atoms with Crippen molar-refractivity contribution in [2.24, 2.45) is 0 Å². The summed E-state index contributed by atoms with van der Waals surface area (Å²) in [6, 6.07) is 8.84. The maximum atomic E-state index is 14.3. The highest BCUT2D eigenvalue weighted by Gasteiger charge is 2.30. The van der Waals surface area contributed by atoms with Crippen molar-refractivity contribution in [3.05, 3.63) is 68.4 Å². The molecule has 4 rings (SSSR count). The minimum absolute atomic E-state index is 0.206. The highest BCUT2D eigenvalue weighted by atomic mass is 35.5. The number of carboxylic acids is 1. The van der Waals surface area contributed by atoms with Gasteiger partial charge >= 0.3 is 5.97 Å². The first kappa shape index (κ1) is 21.6. The minimum Gasteiger partial charge on any atom is -0.478 e. The Morgan fingerprint density at radius 2 is 1.73 bits per heavy atom. The van der Waals surface area contributed by atoms with Gasteiger partial charge in [-0.3, -0.25) is 9.80 Å². The van der Waals surface area contributed by atoms with Gasteiger partial charge in [0, 0.05) is 48.8 Å². The fourth-order valence-electron chi connectivity index (χ4n) is 4.28. The zero-order valence-electron chi connectivity index (χ0n) is 16.9. The van der Waals surface area contributed by atoms with Gasteiger partial charge in [0.1, 0.15) is 5.82 Å². The smallest absolute Gasteiger partial charge is 0.338 e. The number of nitrogens with zero attached hydrogens (tertiary/aromatic N) is 2. The van der Waals surface area contributed by atoms with Crippen molar-refractivity contribution in [1.82, 2.24) is 9.80 Å². The molecule has 0 aromatic heterocycles. The predicted molar refractivity (Wildman–Crippen MR) is 117 cm³/mol. The zero-order chi connectivity index (χ0) is 21.4. The highest BCUT2D eigenvalue weighted by Crippen LogP contribution is 2.43. The predicted octanol–water partition coefficient (Wildman–Crippen LogP) is 5.59. The van der Waals surface area contributed by atoms with Gasteiger partial charge < -0.3 is 5.11 Å². The Bertz CT molecular complexity index is 936. The maximum absolute atomic E-state index is 14.3. The third kappa shape index (κ3) is 4.80. The molecule has 1 N–H and O–H groups in total.